The van der Waals surface area contributed by atoms with Crippen LogP contribution in [0.25, 0.3) is 0 Å². The van der Waals surface area contributed by atoms with Crippen molar-refractivity contribution in [1.29, 1.82) is 0 Å². The lowest BCUT2D eigenvalue weighted by Gasteiger charge is -2.05. The number of nitrogens with two attached hydrogens (primary N) is 2. The van der Waals surface area contributed by atoms with Crippen LogP contribution in [0.5, 0.6) is 0 Å². The van der Waals surface area contributed by atoms with E-state index in [9.17, 15) is 0 Å². The summed E-state index contributed by atoms with van der Waals surface area (Å²) in [6.07, 6.45) is 1.84. The molecule has 0 spiro atoms. The summed E-state index contributed by atoms with van der Waals surface area (Å²) in [4.78, 5) is 0. The Hall–Kier alpha value is -0.120. The molecule has 56 valence electrons. The second-order valence-electron chi connectivity index (χ2n) is 2.48. The highest BCUT2D eigenvalue weighted by Crippen LogP contribution is 1.98. The Balaban J connectivity index is 2.91. The predicted molar refractivity (Wildman–Crippen MR) is 37.7 cm³/mol. The van der Waals surface area contributed by atoms with E-state index in [0.717, 1.165) is 12.8 Å². The molecule has 0 aliphatic rings. The minimum Gasteiger partial charge on any atom is -0.379 e. The Labute approximate surface area is 56.0 Å². The summed E-state index contributed by atoms with van der Waals surface area (Å²) in [5, 5.41) is 8.60. The molecule has 0 aromatic carbocycles. The van der Waals surface area contributed by atoms with Crippen LogP contribution < -0.4 is 11.5 Å². The summed E-state index contributed by atoms with van der Waals surface area (Å²) in [5.41, 5.74) is 10.5. The summed E-state index contributed by atoms with van der Waals surface area (Å²) in [7, 11) is 0. The summed E-state index contributed by atoms with van der Waals surface area (Å²) >= 11 is 0. The van der Waals surface area contributed by atoms with Gasteiger partial charge in [0, 0.05) is 6.04 Å². The van der Waals surface area contributed by atoms with Crippen molar-refractivity contribution in [3.05, 3.63) is 0 Å². The number of hydrogen-bond acceptors (Lipinski definition) is 3. The van der Waals surface area contributed by atoms with E-state index >= 15 is 0 Å². The largest absolute Gasteiger partial charge is 0.379 e. The highest BCUT2D eigenvalue weighted by Gasteiger charge is 1.97. The van der Waals surface area contributed by atoms with E-state index in [1.165, 1.54) is 0 Å². The minimum absolute atomic E-state index is 0.226. The van der Waals surface area contributed by atoms with Gasteiger partial charge in [-0.25, -0.2) is 0 Å². The van der Waals surface area contributed by atoms with Gasteiger partial charge in [0.2, 0.25) is 0 Å². The molecule has 0 aromatic heterocycles. The zero-order chi connectivity index (χ0) is 7.28. The summed E-state index contributed by atoms with van der Waals surface area (Å²) in [6.45, 7) is 1.95. The van der Waals surface area contributed by atoms with Crippen molar-refractivity contribution < 1.29 is 5.11 Å². The van der Waals surface area contributed by atoms with E-state index in [4.69, 9.17) is 16.6 Å². The first-order chi connectivity index (χ1) is 4.13. The molecule has 2 atom stereocenters. The third-order valence-corrected chi connectivity index (χ3v) is 1.16. The van der Waals surface area contributed by atoms with E-state index < -0.39 is 6.23 Å². The Kier molecular flexibility index (Phi) is 4.67. The van der Waals surface area contributed by atoms with Crippen LogP contribution in [0.2, 0.25) is 0 Å². The fourth-order valence-electron chi connectivity index (χ4n) is 0.649. The standard InChI is InChI=1S/C6H16N2O/c1-5(7)3-2-4-6(8)9/h5-6,9H,2-4,7-8H2,1H3/t5-,6?/m0/s1. The van der Waals surface area contributed by atoms with Crippen molar-refractivity contribution in [2.24, 2.45) is 11.5 Å². The molecular weight excluding hydrogens is 116 g/mol. The average molecular weight is 132 g/mol. The number of aliphatic hydroxyl groups is 1. The first kappa shape index (κ1) is 8.88. The molecule has 0 radical (unpaired) electrons. The summed E-state index contributed by atoms with van der Waals surface area (Å²) in [6, 6.07) is 0.226. The van der Waals surface area contributed by atoms with Gasteiger partial charge in [0.15, 0.2) is 0 Å². The minimum atomic E-state index is -0.663. The molecule has 9 heavy (non-hydrogen) atoms. The fourth-order valence-corrected chi connectivity index (χ4v) is 0.649. The van der Waals surface area contributed by atoms with E-state index in [0.29, 0.717) is 6.42 Å². The molecule has 0 saturated heterocycles. The van der Waals surface area contributed by atoms with Crippen molar-refractivity contribution in [2.45, 2.75) is 38.5 Å². The molecule has 0 fully saturated rings. The van der Waals surface area contributed by atoms with Gasteiger partial charge in [0.05, 0.1) is 0 Å². The van der Waals surface area contributed by atoms with Crippen molar-refractivity contribution >= 4 is 0 Å². The molecule has 5 N–H and O–H groups in total. The number of aliphatic hydroxyl groups excluding tert-OH is 1. The van der Waals surface area contributed by atoms with Crippen LogP contribution in [0.1, 0.15) is 26.2 Å². The molecule has 0 bridgehead atoms. The molecule has 0 amide bonds. The maximum atomic E-state index is 8.60. The molecule has 3 heteroatoms. The maximum Gasteiger partial charge on any atom is 0.102 e. The zero-order valence-electron chi connectivity index (χ0n) is 5.88. The van der Waals surface area contributed by atoms with Gasteiger partial charge in [-0.15, -0.1) is 0 Å². The molecule has 0 aromatic rings. The smallest absolute Gasteiger partial charge is 0.102 e. The number of hydrogen-bond donors (Lipinski definition) is 3. The molecule has 0 aliphatic carbocycles. The highest BCUT2D eigenvalue weighted by atomic mass is 16.3. The lowest BCUT2D eigenvalue weighted by atomic mass is 10.1. The summed E-state index contributed by atoms with van der Waals surface area (Å²) < 4.78 is 0. The van der Waals surface area contributed by atoms with Crippen LogP contribution in [0.15, 0.2) is 0 Å². The number of rotatable bonds is 4. The van der Waals surface area contributed by atoms with Crippen molar-refractivity contribution in [1.82, 2.24) is 0 Å². The first-order valence-corrected chi connectivity index (χ1v) is 3.32. The van der Waals surface area contributed by atoms with Crippen LogP contribution in [-0.4, -0.2) is 17.4 Å². The Morgan fingerprint density at radius 3 is 2.22 bits per heavy atom. The summed E-state index contributed by atoms with van der Waals surface area (Å²) in [5.74, 6) is 0. The second-order valence-corrected chi connectivity index (χ2v) is 2.48. The highest BCUT2D eigenvalue weighted by molar-refractivity contribution is 4.54. The average Bonchev–Trinajstić information content (AvgIpc) is 1.63. The SMILES string of the molecule is C[C@H](N)CCCC(N)O. The van der Waals surface area contributed by atoms with E-state index in [-0.39, 0.29) is 6.04 Å². The van der Waals surface area contributed by atoms with Crippen LogP contribution >= 0.6 is 0 Å². The second kappa shape index (κ2) is 4.73. The molecule has 3 nitrogen and oxygen atoms in total. The van der Waals surface area contributed by atoms with Gasteiger partial charge in [0.1, 0.15) is 6.23 Å². The first-order valence-electron chi connectivity index (χ1n) is 3.32. The van der Waals surface area contributed by atoms with Crippen LogP contribution in [0.3, 0.4) is 0 Å². The van der Waals surface area contributed by atoms with Crippen molar-refractivity contribution in [2.75, 3.05) is 0 Å². The van der Waals surface area contributed by atoms with Gasteiger partial charge in [-0.1, -0.05) is 0 Å². The maximum absolute atomic E-state index is 8.60. The predicted octanol–water partition coefficient (Wildman–Crippen LogP) is -0.219. The van der Waals surface area contributed by atoms with E-state index in [1.54, 1.807) is 0 Å². The van der Waals surface area contributed by atoms with E-state index in [2.05, 4.69) is 0 Å². The van der Waals surface area contributed by atoms with Gasteiger partial charge in [-0.3, -0.25) is 0 Å². The van der Waals surface area contributed by atoms with Gasteiger partial charge in [0.25, 0.3) is 0 Å². The monoisotopic (exact) mass is 132 g/mol. The van der Waals surface area contributed by atoms with Crippen LogP contribution in [0, 0.1) is 0 Å². The van der Waals surface area contributed by atoms with Gasteiger partial charge >= 0.3 is 0 Å². The fraction of sp³-hybridized carbons (Fsp3) is 1.00. The Morgan fingerprint density at radius 2 is 1.89 bits per heavy atom. The normalized spacial score (nSPS) is 17.3. The Morgan fingerprint density at radius 1 is 1.33 bits per heavy atom. The van der Waals surface area contributed by atoms with Gasteiger partial charge in [-0.05, 0) is 26.2 Å². The zero-order valence-corrected chi connectivity index (χ0v) is 5.88. The molecule has 0 aliphatic heterocycles. The van der Waals surface area contributed by atoms with Crippen LogP contribution in [0.4, 0.5) is 0 Å². The third-order valence-electron chi connectivity index (χ3n) is 1.16. The lowest BCUT2D eigenvalue weighted by molar-refractivity contribution is 0.168. The molecule has 0 saturated carbocycles. The molecular formula is C6H16N2O. The lowest BCUT2D eigenvalue weighted by Crippen LogP contribution is -2.20. The molecule has 0 rings (SSSR count). The quantitative estimate of drug-likeness (QED) is 0.463. The van der Waals surface area contributed by atoms with Gasteiger partial charge < -0.3 is 16.6 Å². The molecule has 0 heterocycles. The van der Waals surface area contributed by atoms with E-state index in [1.807, 2.05) is 6.92 Å². The van der Waals surface area contributed by atoms with Crippen LogP contribution in [-0.2, 0) is 0 Å². The van der Waals surface area contributed by atoms with Gasteiger partial charge in [-0.2, -0.15) is 0 Å². The topological polar surface area (TPSA) is 72.3 Å². The van der Waals surface area contributed by atoms with Crippen molar-refractivity contribution in [3.63, 3.8) is 0 Å². The third kappa shape index (κ3) is 7.88. The Bertz CT molecular complexity index is 56.1. The molecule has 1 unspecified atom stereocenters. The van der Waals surface area contributed by atoms with Crippen molar-refractivity contribution in [3.8, 4) is 0 Å².